The average Bonchev–Trinajstić information content (AvgIpc) is 2.45. The second-order valence-corrected chi connectivity index (χ2v) is 4.68. The van der Waals surface area contributed by atoms with E-state index in [0.717, 1.165) is 23.2 Å². The van der Waals surface area contributed by atoms with Gasteiger partial charge in [-0.1, -0.05) is 12.1 Å². The molecule has 0 aliphatic carbocycles. The molecular weight excluding hydrogens is 254 g/mol. The summed E-state index contributed by atoms with van der Waals surface area (Å²) in [5.41, 5.74) is 2.48. The Morgan fingerprint density at radius 1 is 1.20 bits per heavy atom. The maximum Gasteiger partial charge on any atom is 0.253 e. The van der Waals surface area contributed by atoms with E-state index in [0.29, 0.717) is 18.5 Å². The summed E-state index contributed by atoms with van der Waals surface area (Å²) in [4.78, 5) is 22.7. The van der Waals surface area contributed by atoms with Crippen LogP contribution in [0.25, 0.3) is 0 Å². The van der Waals surface area contributed by atoms with Crippen molar-refractivity contribution in [1.82, 2.24) is 4.57 Å². The normalized spacial score (nSPS) is 10.3. The quantitative estimate of drug-likeness (QED) is 0.781. The van der Waals surface area contributed by atoms with Gasteiger partial charge < -0.3 is 14.1 Å². The second-order valence-electron chi connectivity index (χ2n) is 4.68. The van der Waals surface area contributed by atoms with Crippen LogP contribution in [0.3, 0.4) is 0 Å². The number of benzene rings is 1. The van der Waals surface area contributed by atoms with E-state index in [1.54, 1.807) is 30.9 Å². The summed E-state index contributed by atoms with van der Waals surface area (Å²) in [7, 11) is 1.62. The smallest absolute Gasteiger partial charge is 0.253 e. The molecule has 2 rings (SSSR count). The summed E-state index contributed by atoms with van der Waals surface area (Å²) in [6.45, 7) is 2.25. The average molecular weight is 271 g/mol. The lowest BCUT2D eigenvalue weighted by molar-refractivity contribution is -0.107. The van der Waals surface area contributed by atoms with Gasteiger partial charge in [0.05, 0.1) is 13.7 Å². The van der Waals surface area contributed by atoms with Gasteiger partial charge in [-0.3, -0.25) is 4.79 Å². The number of aromatic nitrogens is 1. The van der Waals surface area contributed by atoms with Crippen molar-refractivity contribution in [2.45, 2.75) is 19.9 Å². The molecule has 0 aliphatic rings. The molecule has 0 amide bonds. The summed E-state index contributed by atoms with van der Waals surface area (Å²) >= 11 is 0. The lowest BCUT2D eigenvalue weighted by Crippen LogP contribution is -2.23. The fourth-order valence-corrected chi connectivity index (χ4v) is 2.12. The van der Waals surface area contributed by atoms with E-state index in [4.69, 9.17) is 4.74 Å². The molecule has 0 N–H and O–H groups in total. The fourth-order valence-electron chi connectivity index (χ4n) is 2.12. The monoisotopic (exact) mass is 271 g/mol. The van der Waals surface area contributed by atoms with Gasteiger partial charge in [0.2, 0.25) is 0 Å². The third-order valence-electron chi connectivity index (χ3n) is 3.15. The first-order valence-electron chi connectivity index (χ1n) is 6.40. The fraction of sp³-hybridized carbons (Fsp3) is 0.250. The largest absolute Gasteiger partial charge is 0.497 e. The standard InChI is InChI=1S/C16H17NO3/c1-12-9-14(7-8-18)11-17(16(12)19)10-13-3-5-15(20-2)6-4-13/h3-6,8-9,11H,7,10H2,1-2H3. The number of carbonyl (C=O) groups is 1. The first-order chi connectivity index (χ1) is 9.63. The third kappa shape index (κ3) is 3.15. The molecule has 0 radical (unpaired) electrons. The van der Waals surface area contributed by atoms with Crippen LogP contribution >= 0.6 is 0 Å². The highest BCUT2D eigenvalue weighted by Gasteiger charge is 2.04. The Bertz CT molecular complexity index is 656. The lowest BCUT2D eigenvalue weighted by atomic mass is 10.1. The Balaban J connectivity index is 2.31. The van der Waals surface area contributed by atoms with Gasteiger partial charge in [-0.05, 0) is 36.2 Å². The van der Waals surface area contributed by atoms with Gasteiger partial charge in [-0.2, -0.15) is 0 Å². The molecule has 0 spiro atoms. The maximum absolute atomic E-state index is 12.1. The van der Waals surface area contributed by atoms with Crippen LogP contribution in [0.1, 0.15) is 16.7 Å². The highest BCUT2D eigenvalue weighted by Crippen LogP contribution is 2.12. The van der Waals surface area contributed by atoms with Crippen molar-refractivity contribution in [2.24, 2.45) is 0 Å². The molecule has 1 aromatic carbocycles. The maximum atomic E-state index is 12.1. The van der Waals surface area contributed by atoms with E-state index >= 15 is 0 Å². The molecule has 0 bridgehead atoms. The summed E-state index contributed by atoms with van der Waals surface area (Å²) in [6.07, 6.45) is 2.91. The topological polar surface area (TPSA) is 48.3 Å². The van der Waals surface area contributed by atoms with Crippen LogP contribution in [-0.2, 0) is 17.8 Å². The number of carbonyl (C=O) groups excluding carboxylic acids is 1. The van der Waals surface area contributed by atoms with Crippen LogP contribution < -0.4 is 10.3 Å². The van der Waals surface area contributed by atoms with Crippen molar-refractivity contribution in [2.75, 3.05) is 7.11 Å². The van der Waals surface area contributed by atoms with Crippen molar-refractivity contribution in [3.05, 3.63) is 63.6 Å². The summed E-state index contributed by atoms with van der Waals surface area (Å²) in [5, 5.41) is 0. The molecule has 0 saturated carbocycles. The van der Waals surface area contributed by atoms with E-state index in [-0.39, 0.29) is 5.56 Å². The summed E-state index contributed by atoms with van der Waals surface area (Å²) in [6, 6.07) is 9.34. The molecule has 0 saturated heterocycles. The predicted octanol–water partition coefficient (Wildman–Crippen LogP) is 1.96. The van der Waals surface area contributed by atoms with Gasteiger partial charge >= 0.3 is 0 Å². The minimum atomic E-state index is -0.0320. The van der Waals surface area contributed by atoms with Crippen molar-refractivity contribution < 1.29 is 9.53 Å². The van der Waals surface area contributed by atoms with Crippen molar-refractivity contribution >= 4 is 6.29 Å². The van der Waals surface area contributed by atoms with Gasteiger partial charge in [0.1, 0.15) is 12.0 Å². The molecule has 20 heavy (non-hydrogen) atoms. The van der Waals surface area contributed by atoms with Gasteiger partial charge in [-0.15, -0.1) is 0 Å². The molecule has 1 heterocycles. The highest BCUT2D eigenvalue weighted by molar-refractivity contribution is 5.54. The Morgan fingerprint density at radius 2 is 1.90 bits per heavy atom. The van der Waals surface area contributed by atoms with Crippen LogP contribution in [0, 0.1) is 6.92 Å². The van der Waals surface area contributed by atoms with E-state index in [9.17, 15) is 9.59 Å². The van der Waals surface area contributed by atoms with Crippen LogP contribution in [0.5, 0.6) is 5.75 Å². The van der Waals surface area contributed by atoms with Crippen LogP contribution in [0.2, 0.25) is 0 Å². The number of hydrogen-bond donors (Lipinski definition) is 0. The van der Waals surface area contributed by atoms with Gasteiger partial charge in [-0.25, -0.2) is 0 Å². The summed E-state index contributed by atoms with van der Waals surface area (Å²) in [5.74, 6) is 0.784. The predicted molar refractivity (Wildman–Crippen MR) is 77.3 cm³/mol. The second kappa shape index (κ2) is 6.19. The summed E-state index contributed by atoms with van der Waals surface area (Å²) < 4.78 is 6.74. The molecular formula is C16H17NO3. The molecule has 0 unspecified atom stereocenters. The third-order valence-corrected chi connectivity index (χ3v) is 3.15. The lowest BCUT2D eigenvalue weighted by Gasteiger charge is -2.10. The van der Waals surface area contributed by atoms with E-state index in [1.165, 1.54) is 0 Å². The SMILES string of the molecule is COc1ccc(Cn2cc(CC=O)cc(C)c2=O)cc1. The number of ether oxygens (including phenoxy) is 1. The number of nitrogens with zero attached hydrogens (tertiary/aromatic N) is 1. The molecule has 1 aromatic heterocycles. The van der Waals surface area contributed by atoms with Gasteiger partial charge in [0.15, 0.2) is 0 Å². The molecule has 4 heteroatoms. The first kappa shape index (κ1) is 14.1. The number of hydrogen-bond acceptors (Lipinski definition) is 3. The number of aryl methyl sites for hydroxylation is 1. The molecule has 0 fully saturated rings. The highest BCUT2D eigenvalue weighted by atomic mass is 16.5. The molecule has 0 atom stereocenters. The van der Waals surface area contributed by atoms with Crippen molar-refractivity contribution in [3.8, 4) is 5.75 Å². The molecule has 2 aromatic rings. The van der Waals surface area contributed by atoms with Crippen LogP contribution in [0.4, 0.5) is 0 Å². The van der Waals surface area contributed by atoms with Gasteiger partial charge in [0, 0.05) is 18.2 Å². The zero-order chi connectivity index (χ0) is 14.5. The Morgan fingerprint density at radius 3 is 2.50 bits per heavy atom. The minimum absolute atomic E-state index is 0.0320. The van der Waals surface area contributed by atoms with E-state index < -0.39 is 0 Å². The van der Waals surface area contributed by atoms with E-state index in [1.807, 2.05) is 24.3 Å². The number of aldehydes is 1. The Kier molecular flexibility index (Phi) is 4.35. The van der Waals surface area contributed by atoms with E-state index in [2.05, 4.69) is 0 Å². The number of pyridine rings is 1. The number of rotatable bonds is 5. The zero-order valence-corrected chi connectivity index (χ0v) is 11.6. The molecule has 104 valence electrons. The van der Waals surface area contributed by atoms with Crippen LogP contribution in [-0.4, -0.2) is 18.0 Å². The first-order valence-corrected chi connectivity index (χ1v) is 6.40. The Labute approximate surface area is 117 Å². The minimum Gasteiger partial charge on any atom is -0.497 e. The zero-order valence-electron chi connectivity index (χ0n) is 11.6. The van der Waals surface area contributed by atoms with Crippen molar-refractivity contribution in [3.63, 3.8) is 0 Å². The number of methoxy groups -OCH3 is 1. The molecule has 0 aliphatic heterocycles. The van der Waals surface area contributed by atoms with Crippen LogP contribution in [0.15, 0.2) is 41.3 Å². The Hall–Kier alpha value is -2.36. The van der Waals surface area contributed by atoms with Gasteiger partial charge in [0.25, 0.3) is 5.56 Å². The van der Waals surface area contributed by atoms with Crippen molar-refractivity contribution in [1.29, 1.82) is 0 Å². The molecule has 4 nitrogen and oxygen atoms in total.